The number of methoxy groups -OCH3 is 1. The van der Waals surface area contributed by atoms with Crippen molar-refractivity contribution in [3.05, 3.63) is 102 Å². The SMILES string of the molecule is COc1ccc(-c2noc(C3=C(C)N(c4ccc(F)cc4)C(=S)NC3c3ccccc3)n2)cc1F. The van der Waals surface area contributed by atoms with E-state index in [2.05, 4.69) is 15.5 Å². The van der Waals surface area contributed by atoms with Gasteiger partial charge in [-0.25, -0.2) is 8.78 Å². The van der Waals surface area contributed by atoms with Crippen LogP contribution in [0.4, 0.5) is 14.5 Å². The molecule has 1 aromatic heterocycles. The third-order valence-electron chi connectivity index (χ3n) is 5.77. The molecular formula is C26H20F2N4O2S. The van der Waals surface area contributed by atoms with Crippen molar-refractivity contribution >= 4 is 28.6 Å². The molecule has 0 radical (unpaired) electrons. The molecule has 1 unspecified atom stereocenters. The van der Waals surface area contributed by atoms with Gasteiger partial charge in [-0.3, -0.25) is 4.90 Å². The number of benzene rings is 3. The Labute approximate surface area is 205 Å². The highest BCUT2D eigenvalue weighted by atomic mass is 32.1. The van der Waals surface area contributed by atoms with Gasteiger partial charge in [0.1, 0.15) is 5.82 Å². The van der Waals surface area contributed by atoms with E-state index in [0.29, 0.717) is 21.9 Å². The molecule has 0 spiro atoms. The monoisotopic (exact) mass is 490 g/mol. The van der Waals surface area contributed by atoms with Gasteiger partial charge in [0.05, 0.1) is 18.7 Å². The summed E-state index contributed by atoms with van der Waals surface area (Å²) < 4.78 is 38.5. The zero-order valence-corrected chi connectivity index (χ0v) is 19.6. The van der Waals surface area contributed by atoms with E-state index >= 15 is 0 Å². The van der Waals surface area contributed by atoms with Crippen molar-refractivity contribution < 1.29 is 18.0 Å². The molecule has 1 aliphatic heterocycles. The van der Waals surface area contributed by atoms with Crippen molar-refractivity contribution in [3.63, 3.8) is 0 Å². The smallest absolute Gasteiger partial charge is 0.258 e. The van der Waals surface area contributed by atoms with Gasteiger partial charge in [0.2, 0.25) is 5.82 Å². The van der Waals surface area contributed by atoms with Crippen molar-refractivity contribution in [2.24, 2.45) is 0 Å². The highest BCUT2D eigenvalue weighted by molar-refractivity contribution is 7.80. The maximum absolute atomic E-state index is 14.3. The lowest BCUT2D eigenvalue weighted by molar-refractivity contribution is 0.386. The molecule has 0 aliphatic carbocycles. The number of hydrogen-bond acceptors (Lipinski definition) is 5. The average molecular weight is 491 g/mol. The molecule has 0 fully saturated rings. The Morgan fingerprint density at radius 2 is 1.77 bits per heavy atom. The van der Waals surface area contributed by atoms with E-state index < -0.39 is 5.82 Å². The minimum absolute atomic E-state index is 0.125. The average Bonchev–Trinajstić information content (AvgIpc) is 3.35. The summed E-state index contributed by atoms with van der Waals surface area (Å²) in [4.78, 5) is 6.37. The van der Waals surface area contributed by atoms with Gasteiger partial charge in [-0.2, -0.15) is 4.98 Å². The van der Waals surface area contributed by atoms with Crippen LogP contribution in [0.1, 0.15) is 24.4 Å². The summed E-state index contributed by atoms with van der Waals surface area (Å²) in [7, 11) is 1.40. The molecule has 9 heteroatoms. The van der Waals surface area contributed by atoms with E-state index in [1.165, 1.54) is 31.4 Å². The predicted molar refractivity (Wildman–Crippen MR) is 133 cm³/mol. The first-order valence-electron chi connectivity index (χ1n) is 10.8. The summed E-state index contributed by atoms with van der Waals surface area (Å²) in [5.74, 6) is -0.261. The quantitative estimate of drug-likeness (QED) is 0.350. The normalized spacial score (nSPS) is 15.8. The van der Waals surface area contributed by atoms with E-state index in [4.69, 9.17) is 21.5 Å². The number of hydrogen-bond donors (Lipinski definition) is 1. The highest BCUT2D eigenvalue weighted by Gasteiger charge is 2.34. The second kappa shape index (κ2) is 9.27. The van der Waals surface area contributed by atoms with Gasteiger partial charge < -0.3 is 14.6 Å². The Balaban J connectivity index is 1.63. The number of aromatic nitrogens is 2. The van der Waals surface area contributed by atoms with Crippen LogP contribution in [-0.4, -0.2) is 22.4 Å². The van der Waals surface area contributed by atoms with Gasteiger partial charge in [-0.05, 0) is 67.2 Å². The third-order valence-corrected chi connectivity index (χ3v) is 6.07. The molecule has 6 nitrogen and oxygen atoms in total. The largest absolute Gasteiger partial charge is 0.494 e. The first-order valence-corrected chi connectivity index (χ1v) is 11.2. The fraction of sp³-hybridized carbons (Fsp3) is 0.115. The number of allylic oxidation sites excluding steroid dienone is 1. The number of halogens is 2. The lowest BCUT2D eigenvalue weighted by atomic mass is 9.94. The van der Waals surface area contributed by atoms with Crippen LogP contribution in [0.15, 0.2) is 83.0 Å². The van der Waals surface area contributed by atoms with Crippen LogP contribution < -0.4 is 15.0 Å². The van der Waals surface area contributed by atoms with Gasteiger partial charge in [-0.15, -0.1) is 0 Å². The van der Waals surface area contributed by atoms with Gasteiger partial charge in [-0.1, -0.05) is 35.5 Å². The summed E-state index contributed by atoms with van der Waals surface area (Å²) in [6.07, 6.45) is 0. The Morgan fingerprint density at radius 3 is 2.46 bits per heavy atom. The first-order chi connectivity index (χ1) is 17.0. The van der Waals surface area contributed by atoms with Crippen LogP contribution in [0.3, 0.4) is 0 Å². The first kappa shape index (κ1) is 22.7. The lowest BCUT2D eigenvalue weighted by Gasteiger charge is -2.37. The Bertz CT molecular complexity index is 1420. The fourth-order valence-electron chi connectivity index (χ4n) is 4.07. The Hall–Kier alpha value is -4.11. The number of ether oxygens (including phenoxy) is 1. The zero-order valence-electron chi connectivity index (χ0n) is 18.8. The van der Waals surface area contributed by atoms with Crippen LogP contribution in [-0.2, 0) is 0 Å². The van der Waals surface area contributed by atoms with Crippen LogP contribution in [0.25, 0.3) is 17.0 Å². The second-order valence-electron chi connectivity index (χ2n) is 7.88. The molecule has 176 valence electrons. The standard InChI is InChI=1S/C26H20F2N4O2S/c1-15-22(25-30-24(31-34-25)17-8-13-21(33-2)20(28)14-17)23(16-6-4-3-5-7-16)29-26(35)32(15)19-11-9-18(27)10-12-19/h3-14,23H,1-2H3,(H,29,35). The van der Waals surface area contributed by atoms with E-state index in [1.807, 2.05) is 37.3 Å². The maximum Gasteiger partial charge on any atom is 0.258 e. The summed E-state index contributed by atoms with van der Waals surface area (Å²) in [6, 6.07) is 19.8. The summed E-state index contributed by atoms with van der Waals surface area (Å²) in [6.45, 7) is 1.89. The van der Waals surface area contributed by atoms with E-state index in [1.54, 1.807) is 23.1 Å². The molecular weight excluding hydrogens is 470 g/mol. The number of rotatable bonds is 5. The zero-order chi connectivity index (χ0) is 24.5. The maximum atomic E-state index is 14.3. The minimum atomic E-state index is -0.527. The molecule has 4 aromatic rings. The molecule has 2 heterocycles. The number of nitrogens with zero attached hydrogens (tertiary/aromatic N) is 3. The molecule has 5 rings (SSSR count). The van der Waals surface area contributed by atoms with Crippen molar-refractivity contribution in [1.29, 1.82) is 0 Å². The van der Waals surface area contributed by atoms with Crippen LogP contribution in [0.2, 0.25) is 0 Å². The van der Waals surface area contributed by atoms with Crippen molar-refractivity contribution in [1.82, 2.24) is 15.5 Å². The molecule has 0 bridgehead atoms. The fourth-order valence-corrected chi connectivity index (χ4v) is 4.43. The number of nitrogens with one attached hydrogen (secondary N) is 1. The second-order valence-corrected chi connectivity index (χ2v) is 8.26. The van der Waals surface area contributed by atoms with Crippen molar-refractivity contribution in [2.45, 2.75) is 13.0 Å². The molecule has 35 heavy (non-hydrogen) atoms. The summed E-state index contributed by atoms with van der Waals surface area (Å²) in [5.41, 5.74) is 3.51. The highest BCUT2D eigenvalue weighted by Crippen LogP contribution is 2.39. The van der Waals surface area contributed by atoms with Crippen LogP contribution in [0.5, 0.6) is 5.75 Å². The predicted octanol–water partition coefficient (Wildman–Crippen LogP) is 5.89. The third kappa shape index (κ3) is 4.26. The molecule has 0 saturated heterocycles. The summed E-state index contributed by atoms with van der Waals surface area (Å²) >= 11 is 5.69. The lowest BCUT2D eigenvalue weighted by Crippen LogP contribution is -2.46. The van der Waals surface area contributed by atoms with E-state index in [-0.39, 0.29) is 29.3 Å². The van der Waals surface area contributed by atoms with Gasteiger partial charge in [0.15, 0.2) is 16.7 Å². The van der Waals surface area contributed by atoms with Gasteiger partial charge >= 0.3 is 0 Å². The molecule has 1 N–H and O–H groups in total. The van der Waals surface area contributed by atoms with E-state index in [9.17, 15) is 8.78 Å². The number of anilines is 1. The molecule has 3 aromatic carbocycles. The van der Waals surface area contributed by atoms with Crippen molar-refractivity contribution in [3.8, 4) is 17.1 Å². The van der Waals surface area contributed by atoms with Crippen molar-refractivity contribution in [2.75, 3.05) is 12.0 Å². The topological polar surface area (TPSA) is 63.4 Å². The van der Waals surface area contributed by atoms with Crippen LogP contribution >= 0.6 is 12.2 Å². The Kier molecular flexibility index (Phi) is 6.00. The van der Waals surface area contributed by atoms with Crippen LogP contribution in [0, 0.1) is 11.6 Å². The minimum Gasteiger partial charge on any atom is -0.494 e. The Morgan fingerprint density at radius 1 is 1.03 bits per heavy atom. The molecule has 0 saturated carbocycles. The molecule has 0 amide bonds. The van der Waals surface area contributed by atoms with E-state index in [0.717, 1.165) is 11.3 Å². The number of thiocarbonyl (C=S) groups is 1. The molecule has 1 atom stereocenters. The summed E-state index contributed by atoms with van der Waals surface area (Å²) in [5, 5.41) is 7.89. The molecule has 1 aliphatic rings. The van der Waals surface area contributed by atoms with Gasteiger partial charge in [0, 0.05) is 16.9 Å². The van der Waals surface area contributed by atoms with Gasteiger partial charge in [0.25, 0.3) is 5.89 Å².